The third-order valence-corrected chi connectivity index (χ3v) is 5.63. The fourth-order valence-corrected chi connectivity index (χ4v) is 3.92. The summed E-state index contributed by atoms with van der Waals surface area (Å²) in [6.07, 6.45) is 2.03. The van der Waals surface area contributed by atoms with E-state index in [1.165, 1.54) is 15.2 Å². The Balaban J connectivity index is 2.03. The fourth-order valence-electron chi connectivity index (χ4n) is 2.42. The molecule has 21 heavy (non-hydrogen) atoms. The third-order valence-electron chi connectivity index (χ3n) is 3.55. The van der Waals surface area contributed by atoms with E-state index >= 15 is 0 Å². The smallest absolute Gasteiger partial charge is 0.274 e. The van der Waals surface area contributed by atoms with Crippen LogP contribution in [0.15, 0.2) is 6.20 Å². The number of piperazine rings is 1. The lowest BCUT2D eigenvalue weighted by molar-refractivity contribution is 0.0688. The average molecular weight is 315 g/mol. The van der Waals surface area contributed by atoms with Crippen LogP contribution < -0.4 is 5.73 Å². The largest absolute Gasteiger partial charge is 0.396 e. The number of carbonyl (C=O) groups is 1. The molecule has 0 atom stereocenters. The van der Waals surface area contributed by atoms with Gasteiger partial charge in [-0.05, 0) is 6.42 Å². The van der Waals surface area contributed by atoms with E-state index in [9.17, 15) is 13.2 Å². The molecular weight excluding hydrogens is 294 g/mol. The lowest BCUT2D eigenvalue weighted by Gasteiger charge is -2.34. The summed E-state index contributed by atoms with van der Waals surface area (Å²) >= 11 is 0. The molecule has 0 radical (unpaired) electrons. The minimum absolute atomic E-state index is 0.148. The van der Waals surface area contributed by atoms with Crippen LogP contribution in [-0.4, -0.2) is 65.2 Å². The molecule has 1 aromatic heterocycles. The van der Waals surface area contributed by atoms with Gasteiger partial charge in [0.2, 0.25) is 10.0 Å². The van der Waals surface area contributed by atoms with Crippen molar-refractivity contribution in [2.45, 2.75) is 13.3 Å². The van der Waals surface area contributed by atoms with Crippen LogP contribution in [0.5, 0.6) is 0 Å². The second kappa shape index (κ2) is 6.02. The van der Waals surface area contributed by atoms with Crippen molar-refractivity contribution in [2.75, 3.05) is 37.7 Å². The van der Waals surface area contributed by atoms with Gasteiger partial charge < -0.3 is 10.6 Å². The number of nitrogen functional groups attached to an aromatic ring is 1. The van der Waals surface area contributed by atoms with Gasteiger partial charge in [0.15, 0.2) is 0 Å². The molecule has 8 nitrogen and oxygen atoms in total. The number of nitrogens with two attached hydrogens (primary N) is 1. The molecule has 0 bridgehead atoms. The van der Waals surface area contributed by atoms with Crippen molar-refractivity contribution < 1.29 is 13.2 Å². The molecule has 0 saturated carbocycles. The Bertz CT molecular complexity index is 597. The predicted molar refractivity (Wildman–Crippen MR) is 79.2 cm³/mol. The summed E-state index contributed by atoms with van der Waals surface area (Å²) in [6, 6.07) is 0. The van der Waals surface area contributed by atoms with Crippen LogP contribution in [0.25, 0.3) is 0 Å². The molecule has 2 rings (SSSR count). The van der Waals surface area contributed by atoms with Crippen LogP contribution in [0.1, 0.15) is 23.8 Å². The van der Waals surface area contributed by atoms with Crippen molar-refractivity contribution in [2.24, 2.45) is 7.05 Å². The summed E-state index contributed by atoms with van der Waals surface area (Å²) < 4.78 is 26.9. The number of hydrogen-bond acceptors (Lipinski definition) is 5. The van der Waals surface area contributed by atoms with Crippen LogP contribution in [-0.2, 0) is 17.1 Å². The number of amides is 1. The Morgan fingerprint density at radius 3 is 2.43 bits per heavy atom. The molecule has 1 aliphatic rings. The number of aromatic nitrogens is 2. The SMILES string of the molecule is CCCS(=O)(=O)N1CCN(C(=O)c2c(N)cnn2C)CC1. The predicted octanol–water partition coefficient (Wildman–Crippen LogP) is -0.500. The van der Waals surface area contributed by atoms with E-state index in [0.29, 0.717) is 44.0 Å². The highest BCUT2D eigenvalue weighted by atomic mass is 32.2. The number of anilines is 1. The zero-order valence-electron chi connectivity index (χ0n) is 12.3. The Morgan fingerprint density at radius 2 is 1.95 bits per heavy atom. The number of aryl methyl sites for hydroxylation is 1. The second-order valence-corrected chi connectivity index (χ2v) is 7.17. The second-order valence-electron chi connectivity index (χ2n) is 5.08. The molecule has 2 heterocycles. The highest BCUT2D eigenvalue weighted by Crippen LogP contribution is 2.15. The summed E-state index contributed by atoms with van der Waals surface area (Å²) in [6.45, 7) is 3.22. The Labute approximate surface area is 124 Å². The Hall–Kier alpha value is -1.61. The highest BCUT2D eigenvalue weighted by Gasteiger charge is 2.30. The minimum Gasteiger partial charge on any atom is -0.396 e. The van der Waals surface area contributed by atoms with Gasteiger partial charge in [-0.3, -0.25) is 9.48 Å². The van der Waals surface area contributed by atoms with Gasteiger partial charge >= 0.3 is 0 Å². The van der Waals surface area contributed by atoms with Crippen molar-refractivity contribution in [1.82, 2.24) is 19.0 Å². The van der Waals surface area contributed by atoms with Crippen molar-refractivity contribution in [3.8, 4) is 0 Å². The van der Waals surface area contributed by atoms with Gasteiger partial charge in [0.1, 0.15) is 5.69 Å². The van der Waals surface area contributed by atoms with E-state index in [1.54, 1.807) is 11.9 Å². The number of rotatable bonds is 4. The molecular formula is C12H21N5O3S. The van der Waals surface area contributed by atoms with Crippen LogP contribution >= 0.6 is 0 Å². The number of carbonyl (C=O) groups excluding carboxylic acids is 1. The minimum atomic E-state index is -3.20. The van der Waals surface area contributed by atoms with E-state index in [1.807, 2.05) is 6.92 Å². The molecule has 1 amide bonds. The van der Waals surface area contributed by atoms with E-state index < -0.39 is 10.0 Å². The fraction of sp³-hybridized carbons (Fsp3) is 0.667. The normalized spacial score (nSPS) is 17.1. The maximum absolute atomic E-state index is 12.4. The van der Waals surface area contributed by atoms with Crippen LogP contribution in [0.3, 0.4) is 0 Å². The maximum Gasteiger partial charge on any atom is 0.274 e. The molecule has 0 spiro atoms. The van der Waals surface area contributed by atoms with Gasteiger partial charge in [-0.2, -0.15) is 9.40 Å². The van der Waals surface area contributed by atoms with Crippen molar-refractivity contribution in [3.05, 3.63) is 11.9 Å². The van der Waals surface area contributed by atoms with Crippen molar-refractivity contribution in [1.29, 1.82) is 0 Å². The molecule has 1 aliphatic heterocycles. The number of hydrogen-bond donors (Lipinski definition) is 1. The zero-order chi connectivity index (χ0) is 15.6. The van der Waals surface area contributed by atoms with E-state index in [2.05, 4.69) is 5.10 Å². The van der Waals surface area contributed by atoms with Crippen molar-refractivity contribution >= 4 is 21.6 Å². The van der Waals surface area contributed by atoms with Crippen LogP contribution in [0, 0.1) is 0 Å². The summed E-state index contributed by atoms with van der Waals surface area (Å²) in [4.78, 5) is 14.0. The van der Waals surface area contributed by atoms with Gasteiger partial charge in [-0.15, -0.1) is 0 Å². The van der Waals surface area contributed by atoms with Gasteiger partial charge in [-0.1, -0.05) is 6.92 Å². The van der Waals surface area contributed by atoms with E-state index in [4.69, 9.17) is 5.73 Å². The monoisotopic (exact) mass is 315 g/mol. The summed E-state index contributed by atoms with van der Waals surface area (Å²) in [7, 11) is -1.54. The lowest BCUT2D eigenvalue weighted by Crippen LogP contribution is -2.51. The first-order valence-corrected chi connectivity index (χ1v) is 8.52. The number of nitrogens with zero attached hydrogens (tertiary/aromatic N) is 4. The first-order valence-electron chi connectivity index (χ1n) is 6.91. The van der Waals surface area contributed by atoms with E-state index in [0.717, 1.165) is 0 Å². The summed E-state index contributed by atoms with van der Waals surface area (Å²) in [5.74, 6) is -0.0599. The topological polar surface area (TPSA) is 102 Å². The molecule has 118 valence electrons. The van der Waals surface area contributed by atoms with E-state index in [-0.39, 0.29) is 11.7 Å². The average Bonchev–Trinajstić information content (AvgIpc) is 2.77. The Kier molecular flexibility index (Phi) is 4.52. The molecule has 0 aromatic carbocycles. The molecule has 1 aromatic rings. The molecule has 1 fully saturated rings. The molecule has 0 unspecified atom stereocenters. The zero-order valence-corrected chi connectivity index (χ0v) is 13.1. The van der Waals surface area contributed by atoms with Gasteiger partial charge in [0.25, 0.3) is 5.91 Å². The highest BCUT2D eigenvalue weighted by molar-refractivity contribution is 7.89. The first-order chi connectivity index (χ1) is 9.86. The molecule has 1 saturated heterocycles. The van der Waals surface area contributed by atoms with Crippen LogP contribution in [0.2, 0.25) is 0 Å². The van der Waals surface area contributed by atoms with Gasteiger partial charge in [0.05, 0.1) is 17.6 Å². The van der Waals surface area contributed by atoms with Crippen LogP contribution in [0.4, 0.5) is 5.69 Å². The molecule has 0 aliphatic carbocycles. The molecule has 2 N–H and O–H groups in total. The third kappa shape index (κ3) is 3.18. The van der Waals surface area contributed by atoms with Crippen molar-refractivity contribution in [3.63, 3.8) is 0 Å². The molecule has 9 heteroatoms. The number of sulfonamides is 1. The quantitative estimate of drug-likeness (QED) is 0.807. The van der Waals surface area contributed by atoms with Gasteiger partial charge in [0, 0.05) is 33.2 Å². The Morgan fingerprint density at radius 1 is 1.33 bits per heavy atom. The summed E-state index contributed by atoms with van der Waals surface area (Å²) in [5, 5.41) is 3.95. The summed E-state index contributed by atoms with van der Waals surface area (Å²) in [5.41, 5.74) is 6.43. The standard InChI is InChI=1S/C12H21N5O3S/c1-3-8-21(19,20)17-6-4-16(5-7-17)12(18)11-10(13)9-14-15(11)2/h9H,3-8,13H2,1-2H3. The van der Waals surface area contributed by atoms with Gasteiger partial charge in [-0.25, -0.2) is 8.42 Å². The first kappa shape index (κ1) is 15.8. The lowest BCUT2D eigenvalue weighted by atomic mass is 10.3. The maximum atomic E-state index is 12.4.